The van der Waals surface area contributed by atoms with Crippen molar-refractivity contribution < 1.29 is 4.79 Å². The van der Waals surface area contributed by atoms with Gasteiger partial charge in [0.25, 0.3) is 0 Å². The Morgan fingerprint density at radius 2 is 1.93 bits per heavy atom. The van der Waals surface area contributed by atoms with Crippen LogP contribution in [0.15, 0.2) is 28.7 Å². The Morgan fingerprint density at radius 1 is 1.23 bits per heavy atom. The van der Waals surface area contributed by atoms with E-state index in [0.29, 0.717) is 12.5 Å². The molecule has 0 aliphatic rings. The first-order valence-corrected chi connectivity index (χ1v) is 11.3. The molecule has 0 radical (unpaired) electrons. The van der Waals surface area contributed by atoms with Crippen LogP contribution in [0, 0.1) is 19.8 Å². The summed E-state index contributed by atoms with van der Waals surface area (Å²) in [5.41, 5.74) is 3.88. The van der Waals surface area contributed by atoms with E-state index in [1.165, 1.54) is 0 Å². The number of halogens is 1. The van der Waals surface area contributed by atoms with Crippen molar-refractivity contribution in [3.63, 3.8) is 0 Å². The van der Waals surface area contributed by atoms with Crippen LogP contribution in [0.3, 0.4) is 0 Å². The molecule has 0 spiro atoms. The normalized spacial score (nSPS) is 12.6. The van der Waals surface area contributed by atoms with Crippen LogP contribution in [0.4, 0.5) is 5.95 Å². The topological polar surface area (TPSA) is 68.0 Å². The summed E-state index contributed by atoms with van der Waals surface area (Å²) in [6.45, 7) is 14.4. The summed E-state index contributed by atoms with van der Waals surface area (Å²) in [6, 6.07) is 8.01. The Labute approximate surface area is 186 Å². The number of para-hydroxylation sites is 2. The maximum absolute atomic E-state index is 13.0. The number of imidazole rings is 1. The minimum atomic E-state index is -0.244. The van der Waals surface area contributed by atoms with Gasteiger partial charge in [0.15, 0.2) is 0 Å². The van der Waals surface area contributed by atoms with Gasteiger partial charge in [0.1, 0.15) is 0 Å². The van der Waals surface area contributed by atoms with Gasteiger partial charge in [-0.2, -0.15) is 5.10 Å². The van der Waals surface area contributed by atoms with Gasteiger partial charge in [0, 0.05) is 18.8 Å². The Balaban J connectivity index is 1.79. The van der Waals surface area contributed by atoms with E-state index in [2.05, 4.69) is 55.7 Å². The molecule has 8 heteroatoms. The molecule has 30 heavy (non-hydrogen) atoms. The van der Waals surface area contributed by atoms with E-state index < -0.39 is 0 Å². The predicted molar refractivity (Wildman–Crippen MR) is 125 cm³/mol. The molecule has 2 heterocycles. The van der Waals surface area contributed by atoms with Crippen molar-refractivity contribution in [1.82, 2.24) is 24.2 Å². The number of fused-ring (bicyclic) bond motifs is 1. The molecule has 1 atom stereocenters. The lowest BCUT2D eigenvalue weighted by molar-refractivity contribution is -0.119. The third-order valence-corrected chi connectivity index (χ3v) is 6.76. The second-order valence-corrected chi connectivity index (χ2v) is 8.45. The Bertz CT molecular complexity index is 1020. The van der Waals surface area contributed by atoms with E-state index in [1.807, 2.05) is 43.7 Å². The number of aryl methyl sites for hydroxylation is 1. The van der Waals surface area contributed by atoms with E-state index in [-0.39, 0.29) is 11.8 Å². The fourth-order valence-corrected chi connectivity index (χ4v) is 3.89. The molecule has 0 aliphatic carbocycles. The monoisotopic (exact) mass is 474 g/mol. The number of benzene rings is 1. The number of carbonyl (C=O) groups is 1. The molecule has 162 valence electrons. The van der Waals surface area contributed by atoms with Crippen LogP contribution in [0.1, 0.15) is 32.2 Å². The fraction of sp³-hybridized carbons (Fsp3) is 0.500. The first kappa shape index (κ1) is 22.5. The predicted octanol–water partition coefficient (Wildman–Crippen LogP) is 4.23. The molecule has 1 unspecified atom stereocenters. The molecule has 1 amide bonds. The van der Waals surface area contributed by atoms with Gasteiger partial charge >= 0.3 is 0 Å². The average molecular weight is 475 g/mol. The molecule has 7 nitrogen and oxygen atoms in total. The molecule has 3 aromatic rings. The standard InChI is InChI=1S/C22H31BrN6O/c1-6-27(7-2)12-13-28-19-11-9-8-10-18(19)24-22(28)25-21(30)15(3)14-29-17(5)20(23)16(4)26-29/h8-11,15H,6-7,12-14H2,1-5H3,(H,24,25,30). The summed E-state index contributed by atoms with van der Waals surface area (Å²) in [5, 5.41) is 7.58. The second-order valence-electron chi connectivity index (χ2n) is 7.66. The van der Waals surface area contributed by atoms with E-state index in [1.54, 1.807) is 0 Å². The number of amides is 1. The first-order chi connectivity index (χ1) is 14.3. The summed E-state index contributed by atoms with van der Waals surface area (Å²) in [5.74, 6) is 0.304. The maximum atomic E-state index is 13.0. The number of aromatic nitrogens is 4. The molecule has 1 aromatic carbocycles. The van der Waals surface area contributed by atoms with E-state index in [9.17, 15) is 4.79 Å². The van der Waals surface area contributed by atoms with Gasteiger partial charge in [-0.1, -0.05) is 32.9 Å². The lowest BCUT2D eigenvalue weighted by Crippen LogP contribution is -2.29. The van der Waals surface area contributed by atoms with Crippen molar-refractivity contribution in [1.29, 1.82) is 0 Å². The molecule has 0 saturated carbocycles. The highest BCUT2D eigenvalue weighted by molar-refractivity contribution is 9.10. The van der Waals surface area contributed by atoms with Gasteiger partial charge in [-0.05, 0) is 55.0 Å². The number of carbonyl (C=O) groups excluding carboxylic acids is 1. The average Bonchev–Trinajstić information content (AvgIpc) is 3.20. The Morgan fingerprint density at radius 3 is 2.57 bits per heavy atom. The quantitative estimate of drug-likeness (QED) is 0.503. The number of rotatable bonds is 9. The number of likely N-dealkylation sites (N-methyl/N-ethyl adjacent to an activating group) is 1. The molecule has 1 N–H and O–H groups in total. The van der Waals surface area contributed by atoms with Crippen LogP contribution in [-0.4, -0.2) is 49.8 Å². The lowest BCUT2D eigenvalue weighted by Gasteiger charge is -2.20. The number of hydrogen-bond donors (Lipinski definition) is 1. The zero-order valence-corrected chi connectivity index (χ0v) is 20.0. The SMILES string of the molecule is CCN(CC)CCn1c(NC(=O)C(C)Cn2nc(C)c(Br)c2C)nc2ccccc21. The molecule has 0 saturated heterocycles. The van der Waals surface area contributed by atoms with Crippen molar-refractivity contribution in [2.75, 3.05) is 25.0 Å². The van der Waals surface area contributed by atoms with Crippen molar-refractivity contribution in [2.45, 2.75) is 47.7 Å². The Hall–Kier alpha value is -2.19. The zero-order valence-electron chi connectivity index (χ0n) is 18.4. The minimum absolute atomic E-state index is 0.0573. The second kappa shape index (κ2) is 9.75. The molecule has 0 fully saturated rings. The summed E-state index contributed by atoms with van der Waals surface area (Å²) in [4.78, 5) is 20.0. The number of nitrogens with one attached hydrogen (secondary N) is 1. The molecule has 0 bridgehead atoms. The van der Waals surface area contributed by atoms with Crippen LogP contribution in [0.25, 0.3) is 11.0 Å². The summed E-state index contributed by atoms with van der Waals surface area (Å²) in [6.07, 6.45) is 0. The minimum Gasteiger partial charge on any atom is -0.309 e. The lowest BCUT2D eigenvalue weighted by atomic mass is 10.1. The molecular formula is C22H31BrN6O. The summed E-state index contributed by atoms with van der Waals surface area (Å²) >= 11 is 3.55. The number of hydrogen-bond acceptors (Lipinski definition) is 4. The highest BCUT2D eigenvalue weighted by Gasteiger charge is 2.20. The maximum Gasteiger partial charge on any atom is 0.231 e. The van der Waals surface area contributed by atoms with Gasteiger partial charge in [-0.15, -0.1) is 0 Å². The Kier molecular flexibility index (Phi) is 7.31. The summed E-state index contributed by atoms with van der Waals surface area (Å²) in [7, 11) is 0. The van der Waals surface area contributed by atoms with E-state index in [0.717, 1.165) is 53.1 Å². The van der Waals surface area contributed by atoms with Crippen molar-refractivity contribution in [3.8, 4) is 0 Å². The van der Waals surface area contributed by atoms with Gasteiger partial charge in [-0.3, -0.25) is 14.8 Å². The van der Waals surface area contributed by atoms with Crippen molar-refractivity contribution >= 4 is 38.8 Å². The molecule has 3 rings (SSSR count). The zero-order chi connectivity index (χ0) is 21.8. The first-order valence-electron chi connectivity index (χ1n) is 10.5. The third kappa shape index (κ3) is 4.75. The van der Waals surface area contributed by atoms with Gasteiger partial charge in [0.2, 0.25) is 11.9 Å². The van der Waals surface area contributed by atoms with E-state index >= 15 is 0 Å². The van der Waals surface area contributed by atoms with Gasteiger partial charge in [0.05, 0.1) is 33.7 Å². The van der Waals surface area contributed by atoms with Crippen LogP contribution in [0.5, 0.6) is 0 Å². The highest BCUT2D eigenvalue weighted by Crippen LogP contribution is 2.22. The summed E-state index contributed by atoms with van der Waals surface area (Å²) < 4.78 is 4.99. The molecule has 0 aliphatic heterocycles. The van der Waals surface area contributed by atoms with Gasteiger partial charge < -0.3 is 9.47 Å². The fourth-order valence-electron chi connectivity index (χ4n) is 3.61. The van der Waals surface area contributed by atoms with Crippen LogP contribution < -0.4 is 5.32 Å². The van der Waals surface area contributed by atoms with Gasteiger partial charge in [-0.25, -0.2) is 4.98 Å². The van der Waals surface area contributed by atoms with Crippen LogP contribution in [-0.2, 0) is 17.9 Å². The highest BCUT2D eigenvalue weighted by atomic mass is 79.9. The van der Waals surface area contributed by atoms with E-state index in [4.69, 9.17) is 4.98 Å². The van der Waals surface area contributed by atoms with Crippen LogP contribution >= 0.6 is 15.9 Å². The number of anilines is 1. The largest absolute Gasteiger partial charge is 0.309 e. The van der Waals surface area contributed by atoms with Crippen molar-refractivity contribution in [3.05, 3.63) is 40.1 Å². The number of nitrogens with zero attached hydrogens (tertiary/aromatic N) is 5. The third-order valence-electron chi connectivity index (χ3n) is 5.61. The van der Waals surface area contributed by atoms with Crippen molar-refractivity contribution in [2.24, 2.45) is 5.92 Å². The molecular weight excluding hydrogens is 444 g/mol. The van der Waals surface area contributed by atoms with Crippen LogP contribution in [0.2, 0.25) is 0 Å². The smallest absolute Gasteiger partial charge is 0.231 e. The molecule has 2 aromatic heterocycles.